The second-order valence-corrected chi connectivity index (χ2v) is 4.93. The molecule has 4 heteroatoms. The van der Waals surface area contributed by atoms with Gasteiger partial charge >= 0.3 is 0 Å². The van der Waals surface area contributed by atoms with E-state index >= 15 is 0 Å². The number of nitriles is 1. The Kier molecular flexibility index (Phi) is 3.12. The minimum absolute atomic E-state index is 0.480. The van der Waals surface area contributed by atoms with Crippen molar-refractivity contribution in [3.63, 3.8) is 0 Å². The molecule has 1 heterocycles. The van der Waals surface area contributed by atoms with E-state index in [0.717, 1.165) is 15.8 Å². The van der Waals surface area contributed by atoms with Gasteiger partial charge in [0.15, 0.2) is 0 Å². The van der Waals surface area contributed by atoms with Gasteiger partial charge in [0, 0.05) is 5.75 Å². The third-order valence-corrected chi connectivity index (χ3v) is 3.93. The molecule has 0 radical (unpaired) electrons. The zero-order valence-corrected chi connectivity index (χ0v) is 9.07. The van der Waals surface area contributed by atoms with Crippen LogP contribution in [0.4, 0.5) is 5.69 Å². The highest BCUT2D eigenvalue weighted by molar-refractivity contribution is 8.38. The number of thioether (sulfide) groups is 2. The van der Waals surface area contributed by atoms with Crippen LogP contribution in [-0.2, 0) is 5.75 Å². The highest BCUT2D eigenvalue weighted by Crippen LogP contribution is 2.34. The Morgan fingerprint density at radius 3 is 3.21 bits per heavy atom. The Bertz CT molecular complexity index is 407. The van der Waals surface area contributed by atoms with E-state index < -0.39 is 0 Å². The smallest absolute Gasteiger partial charge is 0.131 e. The van der Waals surface area contributed by atoms with Crippen LogP contribution in [-0.4, -0.2) is 10.1 Å². The van der Waals surface area contributed by atoms with Crippen molar-refractivity contribution in [2.24, 2.45) is 4.99 Å². The molecule has 1 aromatic carbocycles. The Morgan fingerprint density at radius 2 is 2.36 bits per heavy atom. The van der Waals surface area contributed by atoms with E-state index in [1.165, 1.54) is 17.3 Å². The summed E-state index contributed by atoms with van der Waals surface area (Å²) < 4.78 is 1.00. The summed E-state index contributed by atoms with van der Waals surface area (Å²) in [6.45, 7) is 0. The van der Waals surface area contributed by atoms with Gasteiger partial charge in [-0.15, -0.1) is 0 Å². The predicted octanol–water partition coefficient (Wildman–Crippen LogP) is 3.18. The van der Waals surface area contributed by atoms with Gasteiger partial charge in [0.05, 0.1) is 17.5 Å². The first kappa shape index (κ1) is 9.63. The zero-order chi connectivity index (χ0) is 9.80. The van der Waals surface area contributed by atoms with Gasteiger partial charge in [-0.1, -0.05) is 41.7 Å². The summed E-state index contributed by atoms with van der Waals surface area (Å²) in [7, 11) is 0. The third kappa shape index (κ3) is 2.11. The SMILES string of the molecule is N#CCSC1=Nc2ccccc2CS1. The van der Waals surface area contributed by atoms with Crippen molar-refractivity contribution in [3.8, 4) is 6.07 Å². The summed E-state index contributed by atoms with van der Waals surface area (Å²) in [5.41, 5.74) is 2.32. The fourth-order valence-corrected chi connectivity index (χ4v) is 2.90. The van der Waals surface area contributed by atoms with E-state index in [-0.39, 0.29) is 0 Å². The van der Waals surface area contributed by atoms with Crippen molar-refractivity contribution in [2.45, 2.75) is 5.75 Å². The molecule has 2 nitrogen and oxygen atoms in total. The lowest BCUT2D eigenvalue weighted by molar-refractivity contribution is 1.36. The van der Waals surface area contributed by atoms with Gasteiger partial charge in [-0.25, -0.2) is 4.99 Å². The minimum atomic E-state index is 0.480. The fraction of sp³-hybridized carbons (Fsp3) is 0.200. The standard InChI is InChI=1S/C10H8N2S2/c11-5-6-13-10-12-9-4-2-1-3-8(9)7-14-10/h1-4H,6-7H2. The van der Waals surface area contributed by atoms with Crippen LogP contribution >= 0.6 is 23.5 Å². The molecule has 0 saturated heterocycles. The van der Waals surface area contributed by atoms with Gasteiger partial charge in [0.25, 0.3) is 0 Å². The van der Waals surface area contributed by atoms with E-state index in [1.54, 1.807) is 11.8 Å². The molecule has 1 aliphatic heterocycles. The molecule has 0 fully saturated rings. The number of rotatable bonds is 1. The van der Waals surface area contributed by atoms with Crippen molar-refractivity contribution >= 4 is 33.6 Å². The molecule has 0 spiro atoms. The number of para-hydroxylation sites is 1. The summed E-state index contributed by atoms with van der Waals surface area (Å²) in [5.74, 6) is 1.45. The van der Waals surface area contributed by atoms with Gasteiger partial charge in [0.2, 0.25) is 0 Å². The lowest BCUT2D eigenvalue weighted by atomic mass is 10.2. The average molecular weight is 220 g/mol. The minimum Gasteiger partial charge on any atom is -0.235 e. The number of hydrogen-bond acceptors (Lipinski definition) is 4. The Hall–Kier alpha value is -0.920. The largest absolute Gasteiger partial charge is 0.235 e. The molecular weight excluding hydrogens is 212 g/mol. The molecule has 0 saturated carbocycles. The molecular formula is C10H8N2S2. The average Bonchev–Trinajstić information content (AvgIpc) is 2.26. The maximum Gasteiger partial charge on any atom is 0.131 e. The van der Waals surface area contributed by atoms with Crippen LogP contribution in [0.25, 0.3) is 0 Å². The molecule has 1 aliphatic rings. The molecule has 0 aliphatic carbocycles. The molecule has 0 atom stereocenters. The first-order valence-corrected chi connectivity index (χ1v) is 6.16. The molecule has 70 valence electrons. The first-order chi connectivity index (χ1) is 6.90. The normalized spacial score (nSPS) is 14.1. The number of fused-ring (bicyclic) bond motifs is 1. The quantitative estimate of drug-likeness (QED) is 0.729. The molecule has 2 rings (SSSR count). The monoisotopic (exact) mass is 220 g/mol. The van der Waals surface area contributed by atoms with Crippen molar-refractivity contribution < 1.29 is 0 Å². The van der Waals surface area contributed by atoms with Crippen molar-refractivity contribution in [1.82, 2.24) is 0 Å². The predicted molar refractivity (Wildman–Crippen MR) is 62.9 cm³/mol. The van der Waals surface area contributed by atoms with Crippen LogP contribution < -0.4 is 0 Å². The second-order valence-electron chi connectivity index (χ2n) is 2.74. The highest BCUT2D eigenvalue weighted by Gasteiger charge is 2.11. The molecule has 0 amide bonds. The Labute approximate surface area is 91.4 Å². The number of nitrogens with zero attached hydrogens (tertiary/aromatic N) is 2. The second kappa shape index (κ2) is 4.54. The van der Waals surface area contributed by atoms with Crippen LogP contribution in [0, 0.1) is 11.3 Å². The summed E-state index contributed by atoms with van der Waals surface area (Å²) >= 11 is 3.22. The molecule has 0 aromatic heterocycles. The van der Waals surface area contributed by atoms with Crippen LogP contribution in [0.1, 0.15) is 5.56 Å². The Morgan fingerprint density at radius 1 is 1.50 bits per heavy atom. The third-order valence-electron chi connectivity index (χ3n) is 1.81. The zero-order valence-electron chi connectivity index (χ0n) is 7.43. The summed E-state index contributed by atoms with van der Waals surface area (Å²) in [5, 5.41) is 8.46. The van der Waals surface area contributed by atoms with E-state index in [2.05, 4.69) is 17.1 Å². The highest BCUT2D eigenvalue weighted by atomic mass is 32.2. The lowest BCUT2D eigenvalue weighted by Gasteiger charge is -2.12. The van der Waals surface area contributed by atoms with Gasteiger partial charge in [-0.05, 0) is 11.6 Å². The van der Waals surface area contributed by atoms with E-state index in [9.17, 15) is 0 Å². The fourth-order valence-electron chi connectivity index (χ4n) is 1.18. The van der Waals surface area contributed by atoms with Crippen molar-refractivity contribution in [3.05, 3.63) is 29.8 Å². The summed E-state index contributed by atoms with van der Waals surface area (Å²) in [4.78, 5) is 4.47. The maximum atomic E-state index is 8.46. The van der Waals surface area contributed by atoms with Crippen LogP contribution in [0.2, 0.25) is 0 Å². The van der Waals surface area contributed by atoms with Gasteiger partial charge < -0.3 is 0 Å². The number of aliphatic imine (C=N–C) groups is 1. The van der Waals surface area contributed by atoms with Crippen LogP contribution in [0.3, 0.4) is 0 Å². The topological polar surface area (TPSA) is 36.1 Å². The molecule has 0 bridgehead atoms. The summed E-state index contributed by atoms with van der Waals surface area (Å²) in [6.07, 6.45) is 0. The van der Waals surface area contributed by atoms with Crippen molar-refractivity contribution in [2.75, 3.05) is 5.75 Å². The molecule has 14 heavy (non-hydrogen) atoms. The Balaban J connectivity index is 2.19. The van der Waals surface area contributed by atoms with Gasteiger partial charge in [0.1, 0.15) is 4.38 Å². The van der Waals surface area contributed by atoms with E-state index in [4.69, 9.17) is 5.26 Å². The van der Waals surface area contributed by atoms with Crippen LogP contribution in [0.15, 0.2) is 29.3 Å². The molecule has 0 unspecified atom stereocenters. The van der Waals surface area contributed by atoms with Gasteiger partial charge in [-0.2, -0.15) is 5.26 Å². The van der Waals surface area contributed by atoms with E-state index in [1.807, 2.05) is 18.2 Å². The lowest BCUT2D eigenvalue weighted by Crippen LogP contribution is -1.95. The number of hydrogen-bond donors (Lipinski definition) is 0. The summed E-state index contributed by atoms with van der Waals surface area (Å²) in [6, 6.07) is 10.2. The maximum absolute atomic E-state index is 8.46. The first-order valence-electron chi connectivity index (χ1n) is 4.19. The van der Waals surface area contributed by atoms with Crippen LogP contribution in [0.5, 0.6) is 0 Å². The van der Waals surface area contributed by atoms with Gasteiger partial charge in [-0.3, -0.25) is 0 Å². The molecule has 1 aromatic rings. The van der Waals surface area contributed by atoms with E-state index in [0.29, 0.717) is 5.75 Å². The molecule has 0 N–H and O–H groups in total. The number of benzene rings is 1. The van der Waals surface area contributed by atoms with Crippen molar-refractivity contribution in [1.29, 1.82) is 5.26 Å².